The fourth-order valence-electron chi connectivity index (χ4n) is 1.92. The lowest BCUT2D eigenvalue weighted by atomic mass is 10.3. The maximum absolute atomic E-state index is 12.5. The molecule has 1 aliphatic carbocycles. The molecule has 1 N–H and O–H groups in total. The van der Waals surface area contributed by atoms with Gasteiger partial charge in [-0.3, -0.25) is 0 Å². The molecule has 0 amide bonds. The Morgan fingerprint density at radius 1 is 1.42 bits per heavy atom. The molecule has 5 nitrogen and oxygen atoms in total. The molecule has 106 valence electrons. The summed E-state index contributed by atoms with van der Waals surface area (Å²) in [5.41, 5.74) is 0.609. The zero-order valence-electron chi connectivity index (χ0n) is 11.3. The first-order valence-corrected chi connectivity index (χ1v) is 7.96. The molecule has 19 heavy (non-hydrogen) atoms. The van der Waals surface area contributed by atoms with Crippen molar-refractivity contribution in [1.82, 2.24) is 9.29 Å². The lowest BCUT2D eigenvalue weighted by Crippen LogP contribution is -2.38. The smallest absolute Gasteiger partial charge is 0.260 e. The number of hydrogen-bond donors (Lipinski definition) is 1. The van der Waals surface area contributed by atoms with Crippen LogP contribution in [-0.4, -0.2) is 35.4 Å². The van der Waals surface area contributed by atoms with Crippen molar-refractivity contribution in [3.05, 3.63) is 23.9 Å². The summed E-state index contributed by atoms with van der Waals surface area (Å²) in [6.45, 7) is 4.19. The van der Waals surface area contributed by atoms with Gasteiger partial charge in [-0.2, -0.15) is 4.31 Å². The topological polar surface area (TPSA) is 70.5 Å². The van der Waals surface area contributed by atoms with Gasteiger partial charge in [0.2, 0.25) is 0 Å². The third kappa shape index (κ3) is 3.32. The van der Waals surface area contributed by atoms with Crippen molar-refractivity contribution >= 4 is 10.0 Å². The van der Waals surface area contributed by atoms with Gasteiger partial charge < -0.3 is 5.11 Å². The van der Waals surface area contributed by atoms with Gasteiger partial charge in [0.25, 0.3) is 10.0 Å². The molecule has 6 heteroatoms. The largest absolute Gasteiger partial charge is 0.392 e. The SMILES string of the molecule is CC(C)N(CC1CC1)S(=O)(=O)c1ccc(CO)cn1. The number of nitrogens with zero attached hydrogens (tertiary/aromatic N) is 2. The van der Waals surface area contributed by atoms with E-state index in [4.69, 9.17) is 5.11 Å². The first-order chi connectivity index (χ1) is 8.95. The van der Waals surface area contributed by atoms with E-state index in [1.165, 1.54) is 16.6 Å². The van der Waals surface area contributed by atoms with Crippen LogP contribution in [0.25, 0.3) is 0 Å². The monoisotopic (exact) mass is 284 g/mol. The van der Waals surface area contributed by atoms with Gasteiger partial charge in [-0.15, -0.1) is 0 Å². The van der Waals surface area contributed by atoms with Crippen LogP contribution >= 0.6 is 0 Å². The van der Waals surface area contributed by atoms with E-state index in [0.717, 1.165) is 12.8 Å². The van der Waals surface area contributed by atoms with E-state index in [2.05, 4.69) is 4.98 Å². The molecule has 0 atom stereocenters. The van der Waals surface area contributed by atoms with E-state index in [1.54, 1.807) is 6.07 Å². The van der Waals surface area contributed by atoms with Crippen LogP contribution in [0.4, 0.5) is 0 Å². The van der Waals surface area contributed by atoms with Crippen LogP contribution < -0.4 is 0 Å². The van der Waals surface area contributed by atoms with E-state index in [0.29, 0.717) is 18.0 Å². The molecule has 0 unspecified atom stereocenters. The number of sulfonamides is 1. The molecule has 1 aromatic heterocycles. The lowest BCUT2D eigenvalue weighted by molar-refractivity contribution is 0.281. The summed E-state index contributed by atoms with van der Waals surface area (Å²) < 4.78 is 26.6. The molecule has 1 aromatic rings. The molecule has 0 spiro atoms. The first-order valence-electron chi connectivity index (χ1n) is 6.52. The predicted molar refractivity (Wildman–Crippen MR) is 71.9 cm³/mol. The van der Waals surface area contributed by atoms with Crippen LogP contribution in [0.5, 0.6) is 0 Å². The van der Waals surface area contributed by atoms with Crippen molar-refractivity contribution in [2.75, 3.05) is 6.54 Å². The lowest BCUT2D eigenvalue weighted by Gasteiger charge is -2.25. The van der Waals surface area contributed by atoms with Crippen LogP contribution in [-0.2, 0) is 16.6 Å². The summed E-state index contributed by atoms with van der Waals surface area (Å²) in [6.07, 6.45) is 3.62. The molecule has 0 bridgehead atoms. The van der Waals surface area contributed by atoms with E-state index >= 15 is 0 Å². The molecule has 0 radical (unpaired) electrons. The van der Waals surface area contributed by atoms with Gasteiger partial charge >= 0.3 is 0 Å². The summed E-state index contributed by atoms with van der Waals surface area (Å²) in [4.78, 5) is 3.96. The molecule has 0 saturated heterocycles. The second-order valence-corrected chi connectivity index (χ2v) is 7.11. The van der Waals surface area contributed by atoms with Gasteiger partial charge in [-0.05, 0) is 44.2 Å². The minimum absolute atomic E-state index is 0.0547. The third-order valence-electron chi connectivity index (χ3n) is 3.26. The Kier molecular flexibility index (Phi) is 4.23. The standard InChI is InChI=1S/C13H20N2O3S/c1-10(2)15(8-11-3-4-11)19(17,18)13-6-5-12(9-16)7-14-13/h5-7,10-11,16H,3-4,8-9H2,1-2H3. The zero-order chi connectivity index (χ0) is 14.0. The Bertz CT molecular complexity index is 521. The average molecular weight is 284 g/mol. The summed E-state index contributed by atoms with van der Waals surface area (Å²) in [6, 6.07) is 2.98. The summed E-state index contributed by atoms with van der Waals surface area (Å²) >= 11 is 0. The molecule has 2 rings (SSSR count). The van der Waals surface area contributed by atoms with Crippen LogP contribution in [0.15, 0.2) is 23.4 Å². The van der Waals surface area contributed by atoms with Gasteiger partial charge in [0.1, 0.15) is 0 Å². The number of aliphatic hydroxyl groups is 1. The van der Waals surface area contributed by atoms with Gasteiger partial charge in [-0.25, -0.2) is 13.4 Å². The number of aromatic nitrogens is 1. The Labute approximate surface area is 114 Å². The van der Waals surface area contributed by atoms with Gasteiger partial charge in [0.15, 0.2) is 5.03 Å². The second-order valence-electron chi connectivity index (χ2n) is 5.27. The Hall–Kier alpha value is -0.980. The van der Waals surface area contributed by atoms with Crippen molar-refractivity contribution in [3.63, 3.8) is 0 Å². The normalized spacial score (nSPS) is 16.3. The van der Waals surface area contributed by atoms with E-state index in [-0.39, 0.29) is 17.7 Å². The van der Waals surface area contributed by atoms with Crippen molar-refractivity contribution in [2.45, 2.75) is 44.4 Å². The minimum Gasteiger partial charge on any atom is -0.392 e. The molecule has 1 heterocycles. The van der Waals surface area contributed by atoms with Gasteiger partial charge in [0, 0.05) is 18.8 Å². The number of aliphatic hydroxyl groups excluding tert-OH is 1. The van der Waals surface area contributed by atoms with E-state index < -0.39 is 10.0 Å². The maximum atomic E-state index is 12.5. The van der Waals surface area contributed by atoms with Crippen LogP contribution in [0.1, 0.15) is 32.3 Å². The molecular weight excluding hydrogens is 264 g/mol. The summed E-state index contributed by atoms with van der Waals surface area (Å²) in [7, 11) is -3.54. The average Bonchev–Trinajstić information content (AvgIpc) is 3.19. The molecule has 1 aliphatic rings. The number of hydrogen-bond acceptors (Lipinski definition) is 4. The molecular formula is C13H20N2O3S. The Morgan fingerprint density at radius 2 is 2.11 bits per heavy atom. The van der Waals surface area contributed by atoms with E-state index in [9.17, 15) is 8.42 Å². The highest BCUT2D eigenvalue weighted by Crippen LogP contribution is 2.32. The fourth-order valence-corrected chi connectivity index (χ4v) is 3.55. The van der Waals surface area contributed by atoms with Crippen LogP contribution in [0.2, 0.25) is 0 Å². The molecule has 1 saturated carbocycles. The quantitative estimate of drug-likeness (QED) is 0.857. The first kappa shape index (κ1) is 14.4. The summed E-state index contributed by atoms with van der Waals surface area (Å²) in [5, 5.41) is 9.01. The Balaban J connectivity index is 2.26. The van der Waals surface area contributed by atoms with Crippen LogP contribution in [0.3, 0.4) is 0 Å². The highest BCUT2D eigenvalue weighted by atomic mass is 32.2. The van der Waals surface area contributed by atoms with Crippen molar-refractivity contribution in [3.8, 4) is 0 Å². The highest BCUT2D eigenvalue weighted by Gasteiger charge is 2.33. The van der Waals surface area contributed by atoms with E-state index in [1.807, 2.05) is 13.8 Å². The Morgan fingerprint density at radius 3 is 2.53 bits per heavy atom. The number of rotatable bonds is 6. The van der Waals surface area contributed by atoms with Gasteiger partial charge in [-0.1, -0.05) is 6.07 Å². The third-order valence-corrected chi connectivity index (χ3v) is 5.22. The van der Waals surface area contributed by atoms with Crippen molar-refractivity contribution in [1.29, 1.82) is 0 Å². The molecule has 0 aliphatic heterocycles. The van der Waals surface area contributed by atoms with Crippen LogP contribution in [0, 0.1) is 5.92 Å². The predicted octanol–water partition coefficient (Wildman–Crippen LogP) is 1.38. The summed E-state index contributed by atoms with van der Waals surface area (Å²) in [5.74, 6) is 0.494. The highest BCUT2D eigenvalue weighted by molar-refractivity contribution is 7.89. The zero-order valence-corrected chi connectivity index (χ0v) is 12.1. The van der Waals surface area contributed by atoms with Gasteiger partial charge in [0.05, 0.1) is 6.61 Å². The number of pyridine rings is 1. The fraction of sp³-hybridized carbons (Fsp3) is 0.615. The maximum Gasteiger partial charge on any atom is 0.260 e. The molecule has 1 fully saturated rings. The van der Waals surface area contributed by atoms with Crippen molar-refractivity contribution < 1.29 is 13.5 Å². The second kappa shape index (κ2) is 5.56. The van der Waals surface area contributed by atoms with Crippen molar-refractivity contribution in [2.24, 2.45) is 5.92 Å². The minimum atomic E-state index is -3.54. The molecule has 0 aromatic carbocycles.